The van der Waals surface area contributed by atoms with Gasteiger partial charge in [0, 0.05) is 43.5 Å². The van der Waals surface area contributed by atoms with Gasteiger partial charge in [-0.25, -0.2) is 0 Å². The molecule has 1 atom stereocenters. The summed E-state index contributed by atoms with van der Waals surface area (Å²) in [5.74, 6) is 0. The molecule has 1 N–H and O–H groups in total. The Morgan fingerprint density at radius 3 is 3.00 bits per heavy atom. The number of benzene rings is 1. The molecule has 124 valence electrons. The summed E-state index contributed by atoms with van der Waals surface area (Å²) in [7, 11) is 0. The Bertz CT molecular complexity index is 670. The molecule has 4 rings (SSSR count). The maximum absolute atomic E-state index is 6.13. The third-order valence-corrected chi connectivity index (χ3v) is 5.21. The van der Waals surface area contributed by atoms with Crippen molar-refractivity contribution in [3.05, 3.63) is 24.4 Å². The van der Waals surface area contributed by atoms with Crippen molar-refractivity contribution in [1.29, 1.82) is 0 Å². The first-order valence-corrected chi connectivity index (χ1v) is 8.72. The fourth-order valence-corrected chi connectivity index (χ4v) is 3.89. The molecule has 0 unspecified atom stereocenters. The summed E-state index contributed by atoms with van der Waals surface area (Å²) < 4.78 is 13.7. The minimum atomic E-state index is 0.0312. The molecule has 2 aromatic rings. The second-order valence-electron chi connectivity index (χ2n) is 6.71. The molecule has 1 aromatic heterocycles. The van der Waals surface area contributed by atoms with E-state index in [9.17, 15) is 0 Å². The van der Waals surface area contributed by atoms with Crippen LogP contribution in [0.4, 0.5) is 5.69 Å². The maximum Gasteiger partial charge on any atom is 0.0745 e. The van der Waals surface area contributed by atoms with Crippen LogP contribution in [0, 0.1) is 0 Å². The van der Waals surface area contributed by atoms with Crippen LogP contribution < -0.4 is 5.32 Å². The predicted octanol–water partition coefficient (Wildman–Crippen LogP) is 3.20. The third-order valence-electron chi connectivity index (χ3n) is 5.21. The molecular weight excluding hydrogens is 290 g/mol. The number of nitrogens with zero attached hydrogens (tertiary/aromatic N) is 2. The first kappa shape index (κ1) is 15.0. The standard InChI is InChI=1S/C18H25N3O2/c1-2-21-17-11-15(4-3-14(17)13-19-21)20-16-5-8-23-18(12-16)6-9-22-10-7-18/h3-4,11,13,16,20H,2,5-10,12H2,1H3/t16-/m0/s1. The zero-order valence-corrected chi connectivity index (χ0v) is 13.8. The quantitative estimate of drug-likeness (QED) is 0.945. The first-order chi connectivity index (χ1) is 11.3. The summed E-state index contributed by atoms with van der Waals surface area (Å²) in [5, 5.41) is 9.35. The second-order valence-corrected chi connectivity index (χ2v) is 6.71. The molecule has 0 bridgehead atoms. The van der Waals surface area contributed by atoms with Crippen LogP contribution in [0.3, 0.4) is 0 Å². The molecule has 0 aliphatic carbocycles. The molecule has 2 aliphatic rings. The summed E-state index contributed by atoms with van der Waals surface area (Å²) in [6.45, 7) is 5.52. The van der Waals surface area contributed by atoms with E-state index in [-0.39, 0.29) is 5.60 Å². The summed E-state index contributed by atoms with van der Waals surface area (Å²) in [6.07, 6.45) is 6.11. The second kappa shape index (κ2) is 6.13. The molecule has 1 spiro atoms. The van der Waals surface area contributed by atoms with E-state index >= 15 is 0 Å². The van der Waals surface area contributed by atoms with E-state index in [0.717, 1.165) is 52.0 Å². The highest BCUT2D eigenvalue weighted by Crippen LogP contribution is 2.35. The number of nitrogens with one attached hydrogen (secondary N) is 1. The van der Waals surface area contributed by atoms with Crippen LogP contribution in [0.15, 0.2) is 24.4 Å². The summed E-state index contributed by atoms with van der Waals surface area (Å²) in [4.78, 5) is 0. The normalized spacial score (nSPS) is 24.1. The highest BCUT2D eigenvalue weighted by atomic mass is 16.5. The molecule has 3 heterocycles. The average molecular weight is 315 g/mol. The van der Waals surface area contributed by atoms with Gasteiger partial charge in [-0.2, -0.15) is 5.10 Å². The van der Waals surface area contributed by atoms with Gasteiger partial charge in [0.25, 0.3) is 0 Å². The van der Waals surface area contributed by atoms with Crippen LogP contribution >= 0.6 is 0 Å². The lowest BCUT2D eigenvalue weighted by Gasteiger charge is -2.43. The Kier molecular flexibility index (Phi) is 3.99. The highest BCUT2D eigenvalue weighted by molar-refractivity contribution is 5.82. The SMILES string of the molecule is CCn1ncc2ccc(N[C@H]3CCOC4(CCOCC4)C3)cc21. The minimum Gasteiger partial charge on any atom is -0.382 e. The largest absolute Gasteiger partial charge is 0.382 e. The number of anilines is 1. The van der Waals surface area contributed by atoms with E-state index in [2.05, 4.69) is 35.5 Å². The molecule has 0 saturated carbocycles. The van der Waals surface area contributed by atoms with Crippen molar-refractivity contribution in [2.45, 2.75) is 50.8 Å². The van der Waals surface area contributed by atoms with Crippen LogP contribution in [-0.4, -0.2) is 41.2 Å². The van der Waals surface area contributed by atoms with E-state index in [1.54, 1.807) is 0 Å². The van der Waals surface area contributed by atoms with Gasteiger partial charge in [0.1, 0.15) is 0 Å². The average Bonchev–Trinajstić information content (AvgIpc) is 2.98. The fraction of sp³-hybridized carbons (Fsp3) is 0.611. The van der Waals surface area contributed by atoms with E-state index in [1.807, 2.05) is 10.9 Å². The van der Waals surface area contributed by atoms with Crippen molar-refractivity contribution < 1.29 is 9.47 Å². The van der Waals surface area contributed by atoms with Gasteiger partial charge in [-0.1, -0.05) is 0 Å². The van der Waals surface area contributed by atoms with Crippen LogP contribution in [-0.2, 0) is 16.0 Å². The third kappa shape index (κ3) is 2.95. The Morgan fingerprint density at radius 2 is 2.17 bits per heavy atom. The lowest BCUT2D eigenvalue weighted by molar-refractivity contribution is -0.135. The molecule has 0 amide bonds. The fourth-order valence-electron chi connectivity index (χ4n) is 3.89. The van der Waals surface area contributed by atoms with Crippen molar-refractivity contribution in [2.24, 2.45) is 0 Å². The van der Waals surface area contributed by atoms with E-state index < -0.39 is 0 Å². The molecule has 2 saturated heterocycles. The number of aryl methyl sites for hydroxylation is 1. The van der Waals surface area contributed by atoms with Gasteiger partial charge in [0.05, 0.1) is 17.3 Å². The number of fused-ring (bicyclic) bond motifs is 1. The van der Waals surface area contributed by atoms with Crippen molar-refractivity contribution in [1.82, 2.24) is 9.78 Å². The van der Waals surface area contributed by atoms with Crippen LogP contribution in [0.1, 0.15) is 32.6 Å². The zero-order chi connectivity index (χ0) is 15.7. The highest BCUT2D eigenvalue weighted by Gasteiger charge is 2.38. The Morgan fingerprint density at radius 1 is 1.30 bits per heavy atom. The topological polar surface area (TPSA) is 48.3 Å². The van der Waals surface area contributed by atoms with Crippen LogP contribution in [0.5, 0.6) is 0 Å². The zero-order valence-electron chi connectivity index (χ0n) is 13.8. The van der Waals surface area contributed by atoms with Gasteiger partial charge < -0.3 is 14.8 Å². The molecule has 5 nitrogen and oxygen atoms in total. The Hall–Kier alpha value is -1.59. The summed E-state index contributed by atoms with van der Waals surface area (Å²) in [5.41, 5.74) is 2.41. The summed E-state index contributed by atoms with van der Waals surface area (Å²) in [6, 6.07) is 7.01. The van der Waals surface area contributed by atoms with Crippen LogP contribution in [0.2, 0.25) is 0 Å². The van der Waals surface area contributed by atoms with Crippen molar-refractivity contribution in [2.75, 3.05) is 25.1 Å². The molecule has 2 fully saturated rings. The molecule has 23 heavy (non-hydrogen) atoms. The number of ether oxygens (including phenoxy) is 2. The van der Waals surface area contributed by atoms with Crippen molar-refractivity contribution in [3.8, 4) is 0 Å². The van der Waals surface area contributed by atoms with Gasteiger partial charge in [0.2, 0.25) is 0 Å². The number of hydrogen-bond donors (Lipinski definition) is 1. The van der Waals surface area contributed by atoms with Gasteiger partial charge in [-0.05, 0) is 50.8 Å². The van der Waals surface area contributed by atoms with Crippen LogP contribution in [0.25, 0.3) is 10.9 Å². The van der Waals surface area contributed by atoms with Crippen molar-refractivity contribution in [3.63, 3.8) is 0 Å². The number of rotatable bonds is 3. The smallest absolute Gasteiger partial charge is 0.0745 e. The van der Waals surface area contributed by atoms with Crippen molar-refractivity contribution >= 4 is 16.6 Å². The lowest BCUT2D eigenvalue weighted by Crippen LogP contribution is -2.47. The predicted molar refractivity (Wildman–Crippen MR) is 90.8 cm³/mol. The molecule has 5 heteroatoms. The molecule has 1 aromatic carbocycles. The van der Waals surface area contributed by atoms with Gasteiger partial charge in [0.15, 0.2) is 0 Å². The van der Waals surface area contributed by atoms with Gasteiger partial charge in [-0.3, -0.25) is 4.68 Å². The molecule has 0 radical (unpaired) electrons. The lowest BCUT2D eigenvalue weighted by atomic mass is 9.84. The minimum absolute atomic E-state index is 0.0312. The molecular formula is C18H25N3O2. The van der Waals surface area contributed by atoms with E-state index in [4.69, 9.17) is 9.47 Å². The molecule has 2 aliphatic heterocycles. The Balaban J connectivity index is 1.50. The monoisotopic (exact) mass is 315 g/mol. The number of hydrogen-bond acceptors (Lipinski definition) is 4. The first-order valence-electron chi connectivity index (χ1n) is 8.72. The van der Waals surface area contributed by atoms with Gasteiger partial charge in [-0.15, -0.1) is 0 Å². The van der Waals surface area contributed by atoms with E-state index in [0.29, 0.717) is 6.04 Å². The maximum atomic E-state index is 6.13. The van der Waals surface area contributed by atoms with Gasteiger partial charge >= 0.3 is 0 Å². The number of aromatic nitrogens is 2. The summed E-state index contributed by atoms with van der Waals surface area (Å²) >= 11 is 0. The van der Waals surface area contributed by atoms with E-state index in [1.165, 1.54) is 16.6 Å². The Labute approximate surface area is 136 Å².